The van der Waals surface area contributed by atoms with E-state index in [1.54, 1.807) is 0 Å². The van der Waals surface area contributed by atoms with Crippen LogP contribution in [0.25, 0.3) is 11.4 Å². The second kappa shape index (κ2) is 7.12. The Balaban J connectivity index is 1.44. The summed E-state index contributed by atoms with van der Waals surface area (Å²) in [5.41, 5.74) is 2.16. The van der Waals surface area contributed by atoms with E-state index >= 15 is 0 Å². The number of aromatic nitrogens is 2. The molecule has 0 spiro atoms. The van der Waals surface area contributed by atoms with Crippen LogP contribution < -0.4 is 0 Å². The van der Waals surface area contributed by atoms with Gasteiger partial charge in [0.15, 0.2) is 0 Å². The Morgan fingerprint density at radius 3 is 2.54 bits per heavy atom. The second-order valence-corrected chi connectivity index (χ2v) is 6.83. The largest absolute Gasteiger partial charge is 0.341 e. The van der Waals surface area contributed by atoms with Gasteiger partial charge in [0.05, 0.1) is 5.92 Å². The van der Waals surface area contributed by atoms with Gasteiger partial charge in [0.25, 0.3) is 0 Å². The zero-order valence-electron chi connectivity index (χ0n) is 14.7. The lowest BCUT2D eigenvalue weighted by Gasteiger charge is -2.21. The number of hydrogen-bond donors (Lipinski definition) is 0. The van der Waals surface area contributed by atoms with Crippen molar-refractivity contribution in [2.75, 3.05) is 13.1 Å². The van der Waals surface area contributed by atoms with Crippen LogP contribution in [0.1, 0.15) is 36.6 Å². The predicted molar refractivity (Wildman–Crippen MR) is 98.5 cm³/mol. The summed E-state index contributed by atoms with van der Waals surface area (Å²) in [6.45, 7) is 3.49. The van der Waals surface area contributed by atoms with Crippen molar-refractivity contribution in [3.05, 3.63) is 72.1 Å². The molecule has 1 aromatic heterocycles. The van der Waals surface area contributed by atoms with E-state index in [-0.39, 0.29) is 11.8 Å². The van der Waals surface area contributed by atoms with Crippen LogP contribution in [0.5, 0.6) is 0 Å². The maximum absolute atomic E-state index is 12.4. The Bertz CT molecular complexity index is 877. The summed E-state index contributed by atoms with van der Waals surface area (Å²) < 4.78 is 5.45. The molecule has 2 atom stereocenters. The molecule has 2 aromatic carbocycles. The Morgan fingerprint density at radius 1 is 1.12 bits per heavy atom. The van der Waals surface area contributed by atoms with Crippen LogP contribution in [0.3, 0.4) is 0 Å². The Morgan fingerprint density at radius 2 is 1.81 bits per heavy atom. The van der Waals surface area contributed by atoms with E-state index in [9.17, 15) is 4.79 Å². The number of rotatable bonds is 5. The molecule has 1 fully saturated rings. The number of hydrogen-bond acceptors (Lipinski definition) is 4. The van der Waals surface area contributed by atoms with Crippen LogP contribution in [0.4, 0.5) is 0 Å². The SMILES string of the molecule is CC(CN1CC(c2nc(-c3ccccc3)no2)CC1=O)c1ccccc1. The smallest absolute Gasteiger partial charge is 0.232 e. The van der Waals surface area contributed by atoms with Crippen LogP contribution >= 0.6 is 0 Å². The van der Waals surface area contributed by atoms with E-state index in [0.29, 0.717) is 37.1 Å². The predicted octanol–water partition coefficient (Wildman–Crippen LogP) is 3.86. The third-order valence-corrected chi connectivity index (χ3v) is 4.90. The molecule has 1 aliphatic rings. The highest BCUT2D eigenvalue weighted by Crippen LogP contribution is 2.30. The third kappa shape index (κ3) is 3.38. The fourth-order valence-electron chi connectivity index (χ4n) is 3.44. The van der Waals surface area contributed by atoms with Gasteiger partial charge < -0.3 is 9.42 Å². The van der Waals surface area contributed by atoms with Gasteiger partial charge in [-0.25, -0.2) is 0 Å². The zero-order valence-corrected chi connectivity index (χ0v) is 14.7. The van der Waals surface area contributed by atoms with Crippen molar-refractivity contribution in [1.82, 2.24) is 15.0 Å². The number of nitrogens with zero attached hydrogens (tertiary/aromatic N) is 3. The van der Waals surface area contributed by atoms with E-state index in [2.05, 4.69) is 29.2 Å². The summed E-state index contributed by atoms with van der Waals surface area (Å²) in [5, 5.41) is 4.07. The molecule has 26 heavy (non-hydrogen) atoms. The molecular weight excluding hydrogens is 326 g/mol. The molecule has 2 unspecified atom stereocenters. The minimum absolute atomic E-state index is 0.0320. The lowest BCUT2D eigenvalue weighted by atomic mass is 10.0. The maximum atomic E-state index is 12.4. The number of carbonyl (C=O) groups is 1. The monoisotopic (exact) mass is 347 g/mol. The van der Waals surface area contributed by atoms with Gasteiger partial charge >= 0.3 is 0 Å². The molecule has 0 saturated carbocycles. The van der Waals surface area contributed by atoms with E-state index in [1.165, 1.54) is 5.56 Å². The number of benzene rings is 2. The van der Waals surface area contributed by atoms with Crippen molar-refractivity contribution in [1.29, 1.82) is 0 Å². The van der Waals surface area contributed by atoms with Gasteiger partial charge in [0.1, 0.15) is 0 Å². The first-order valence-corrected chi connectivity index (χ1v) is 8.92. The lowest BCUT2D eigenvalue weighted by Crippen LogP contribution is -2.29. The van der Waals surface area contributed by atoms with Crippen LogP contribution in [0, 0.1) is 0 Å². The van der Waals surface area contributed by atoms with Gasteiger partial charge in [0.2, 0.25) is 17.6 Å². The standard InChI is InChI=1S/C21H21N3O2/c1-15(16-8-4-2-5-9-16)13-24-14-18(12-19(24)25)21-22-20(23-26-21)17-10-6-3-7-11-17/h2-11,15,18H,12-14H2,1H3. The summed E-state index contributed by atoms with van der Waals surface area (Å²) in [6, 6.07) is 20.0. The van der Waals surface area contributed by atoms with Gasteiger partial charge in [-0.3, -0.25) is 4.79 Å². The zero-order chi connectivity index (χ0) is 17.9. The molecule has 0 N–H and O–H groups in total. The number of amides is 1. The number of carbonyl (C=O) groups excluding carboxylic acids is 1. The summed E-state index contributed by atoms with van der Waals surface area (Å²) in [7, 11) is 0. The molecule has 0 aliphatic carbocycles. The van der Waals surface area contributed by atoms with Crippen LogP contribution in [0.15, 0.2) is 65.2 Å². The van der Waals surface area contributed by atoms with Crippen molar-refractivity contribution in [2.45, 2.75) is 25.2 Å². The third-order valence-electron chi connectivity index (χ3n) is 4.90. The molecular formula is C21H21N3O2. The molecule has 1 saturated heterocycles. The first-order valence-electron chi connectivity index (χ1n) is 8.92. The highest BCUT2D eigenvalue weighted by Gasteiger charge is 2.35. The Kier molecular flexibility index (Phi) is 4.52. The van der Waals surface area contributed by atoms with E-state index in [1.807, 2.05) is 53.4 Å². The molecule has 2 heterocycles. The lowest BCUT2D eigenvalue weighted by molar-refractivity contribution is -0.127. The van der Waals surface area contributed by atoms with Crippen LogP contribution in [-0.4, -0.2) is 34.0 Å². The van der Waals surface area contributed by atoms with Crippen molar-refractivity contribution in [2.24, 2.45) is 0 Å². The van der Waals surface area contributed by atoms with Gasteiger partial charge in [-0.2, -0.15) is 4.98 Å². The highest BCUT2D eigenvalue weighted by atomic mass is 16.5. The topological polar surface area (TPSA) is 59.2 Å². The Labute approximate surface area is 152 Å². The van der Waals surface area contributed by atoms with E-state index in [0.717, 1.165) is 5.56 Å². The molecule has 0 bridgehead atoms. The van der Waals surface area contributed by atoms with Gasteiger partial charge in [-0.05, 0) is 11.5 Å². The first kappa shape index (κ1) is 16.5. The fraction of sp³-hybridized carbons (Fsp3) is 0.286. The summed E-state index contributed by atoms with van der Waals surface area (Å²) in [6.07, 6.45) is 0.429. The number of likely N-dealkylation sites (tertiary alicyclic amines) is 1. The minimum atomic E-state index is -0.0320. The van der Waals surface area contributed by atoms with Crippen LogP contribution in [-0.2, 0) is 4.79 Å². The molecule has 1 amide bonds. The van der Waals surface area contributed by atoms with E-state index in [4.69, 9.17) is 4.52 Å². The average Bonchev–Trinajstić information content (AvgIpc) is 3.31. The van der Waals surface area contributed by atoms with Crippen molar-refractivity contribution >= 4 is 5.91 Å². The maximum Gasteiger partial charge on any atom is 0.232 e. The Hall–Kier alpha value is -2.95. The summed E-state index contributed by atoms with van der Waals surface area (Å²) in [5.74, 6) is 1.53. The molecule has 3 aromatic rings. The normalized spacial score (nSPS) is 18.3. The second-order valence-electron chi connectivity index (χ2n) is 6.83. The average molecular weight is 347 g/mol. The molecule has 1 aliphatic heterocycles. The molecule has 5 nitrogen and oxygen atoms in total. The molecule has 5 heteroatoms. The first-order chi connectivity index (χ1) is 12.7. The van der Waals surface area contributed by atoms with E-state index < -0.39 is 0 Å². The van der Waals surface area contributed by atoms with Gasteiger partial charge in [-0.15, -0.1) is 0 Å². The van der Waals surface area contributed by atoms with Crippen molar-refractivity contribution in [3.8, 4) is 11.4 Å². The van der Waals surface area contributed by atoms with Crippen molar-refractivity contribution < 1.29 is 9.32 Å². The van der Waals surface area contributed by atoms with Gasteiger partial charge in [0, 0.05) is 25.1 Å². The van der Waals surface area contributed by atoms with Crippen molar-refractivity contribution in [3.63, 3.8) is 0 Å². The minimum Gasteiger partial charge on any atom is -0.341 e. The van der Waals surface area contributed by atoms with Gasteiger partial charge in [-0.1, -0.05) is 72.7 Å². The molecule has 0 radical (unpaired) electrons. The quantitative estimate of drug-likeness (QED) is 0.703. The van der Waals surface area contributed by atoms with Crippen LogP contribution in [0.2, 0.25) is 0 Å². The highest BCUT2D eigenvalue weighted by molar-refractivity contribution is 5.79. The summed E-state index contributed by atoms with van der Waals surface area (Å²) in [4.78, 5) is 18.9. The molecule has 4 rings (SSSR count). The molecule has 132 valence electrons. The summed E-state index contributed by atoms with van der Waals surface area (Å²) >= 11 is 0. The fourth-order valence-corrected chi connectivity index (χ4v) is 3.44.